The number of amides is 3. The third-order valence-electron chi connectivity index (χ3n) is 9.80. The van der Waals surface area contributed by atoms with E-state index in [4.69, 9.17) is 0 Å². The van der Waals surface area contributed by atoms with Gasteiger partial charge in [-0.3, -0.25) is 14.4 Å². The van der Waals surface area contributed by atoms with E-state index in [1.807, 2.05) is 43.0 Å². The monoisotopic (exact) mass is 610 g/mol. The van der Waals surface area contributed by atoms with Crippen molar-refractivity contribution in [1.29, 1.82) is 0 Å². The number of rotatable bonds is 15. The number of aliphatic hydroxyl groups is 1. The SMILES string of the molecule is C=CCN(CCC)C(=O)[C@@H]1[C@@H]2CC(C)C3(S2)C(C(=O)N(CC=C)c2ccc(N(CC)CC)cc2)N([C@@H](CC)CO)C(=O)[C@H]13. The molecule has 9 heteroatoms. The number of anilines is 2. The zero-order chi connectivity index (χ0) is 31.5. The van der Waals surface area contributed by atoms with E-state index in [1.165, 1.54) is 0 Å². The second-order valence-electron chi connectivity index (χ2n) is 12.0. The lowest BCUT2D eigenvalue weighted by molar-refractivity contribution is -0.145. The van der Waals surface area contributed by atoms with Crippen LogP contribution in [0.1, 0.15) is 53.9 Å². The highest BCUT2D eigenvalue weighted by Gasteiger charge is 2.77. The highest BCUT2D eigenvalue weighted by Crippen LogP contribution is 2.69. The van der Waals surface area contributed by atoms with Crippen LogP contribution in [0.25, 0.3) is 0 Å². The molecule has 0 saturated carbocycles. The molecule has 3 saturated heterocycles. The Morgan fingerprint density at radius 2 is 1.70 bits per heavy atom. The molecule has 2 bridgehead atoms. The summed E-state index contributed by atoms with van der Waals surface area (Å²) in [5.74, 6) is -1.45. The second-order valence-corrected chi connectivity index (χ2v) is 13.6. The van der Waals surface area contributed by atoms with Crippen LogP contribution in [-0.2, 0) is 14.4 Å². The Balaban J connectivity index is 1.80. The van der Waals surface area contributed by atoms with Crippen molar-refractivity contribution < 1.29 is 19.5 Å². The smallest absolute Gasteiger partial charge is 0.251 e. The minimum absolute atomic E-state index is 0.0218. The molecule has 236 valence electrons. The topological polar surface area (TPSA) is 84.4 Å². The molecule has 1 aromatic rings. The van der Waals surface area contributed by atoms with Gasteiger partial charge in [0.1, 0.15) is 6.04 Å². The second kappa shape index (κ2) is 13.9. The molecular weight excluding hydrogens is 560 g/mol. The molecule has 1 aromatic carbocycles. The Labute approximate surface area is 262 Å². The molecule has 7 atom stereocenters. The van der Waals surface area contributed by atoms with E-state index in [2.05, 4.69) is 38.8 Å². The molecule has 3 heterocycles. The Morgan fingerprint density at radius 1 is 1.07 bits per heavy atom. The largest absolute Gasteiger partial charge is 0.394 e. The number of thioether (sulfide) groups is 1. The van der Waals surface area contributed by atoms with Crippen molar-refractivity contribution in [1.82, 2.24) is 9.80 Å². The van der Waals surface area contributed by atoms with Crippen molar-refractivity contribution in [3.05, 3.63) is 49.6 Å². The van der Waals surface area contributed by atoms with Crippen LogP contribution in [0.3, 0.4) is 0 Å². The molecule has 0 aromatic heterocycles. The molecule has 3 fully saturated rings. The fraction of sp³-hybridized carbons (Fsp3) is 0.618. The first kappa shape index (κ1) is 33.1. The number of nitrogens with zero attached hydrogens (tertiary/aromatic N) is 4. The zero-order valence-electron chi connectivity index (χ0n) is 26.6. The number of fused-ring (bicyclic) bond motifs is 1. The summed E-state index contributed by atoms with van der Waals surface area (Å²) in [5.41, 5.74) is 1.82. The van der Waals surface area contributed by atoms with Gasteiger partial charge in [-0.2, -0.15) is 0 Å². The quantitative estimate of drug-likeness (QED) is 0.293. The number of carbonyl (C=O) groups is 3. The minimum atomic E-state index is -0.800. The van der Waals surface area contributed by atoms with Crippen LogP contribution in [-0.4, -0.2) is 94.0 Å². The summed E-state index contributed by atoms with van der Waals surface area (Å²) in [4.78, 5) is 51.1. The molecule has 3 amide bonds. The van der Waals surface area contributed by atoms with E-state index in [0.29, 0.717) is 19.5 Å². The molecule has 3 unspecified atom stereocenters. The molecule has 43 heavy (non-hydrogen) atoms. The first-order valence-electron chi connectivity index (χ1n) is 16.0. The van der Waals surface area contributed by atoms with Crippen molar-refractivity contribution in [2.45, 2.75) is 76.0 Å². The maximum Gasteiger partial charge on any atom is 0.251 e. The number of carbonyl (C=O) groups excluding carboxylic acids is 3. The van der Waals surface area contributed by atoms with Gasteiger partial charge in [-0.05, 0) is 63.3 Å². The maximum atomic E-state index is 14.9. The third-order valence-corrected chi connectivity index (χ3v) is 11.9. The van der Waals surface area contributed by atoms with E-state index in [-0.39, 0.29) is 42.0 Å². The first-order valence-corrected chi connectivity index (χ1v) is 16.9. The van der Waals surface area contributed by atoms with Crippen molar-refractivity contribution in [3.8, 4) is 0 Å². The van der Waals surface area contributed by atoms with Crippen LogP contribution in [0.4, 0.5) is 11.4 Å². The van der Waals surface area contributed by atoms with Gasteiger partial charge < -0.3 is 24.7 Å². The normalized spacial score (nSPS) is 28.0. The van der Waals surface area contributed by atoms with Gasteiger partial charge in [-0.1, -0.05) is 32.9 Å². The molecule has 1 spiro atoms. The predicted molar refractivity (Wildman–Crippen MR) is 176 cm³/mol. The van der Waals surface area contributed by atoms with Gasteiger partial charge in [0.25, 0.3) is 5.91 Å². The van der Waals surface area contributed by atoms with Crippen molar-refractivity contribution in [3.63, 3.8) is 0 Å². The summed E-state index contributed by atoms with van der Waals surface area (Å²) in [6, 6.07) is 6.67. The fourth-order valence-electron chi connectivity index (χ4n) is 7.79. The van der Waals surface area contributed by atoms with Gasteiger partial charge in [-0.25, -0.2) is 0 Å². The van der Waals surface area contributed by atoms with Gasteiger partial charge in [0.05, 0.1) is 29.2 Å². The first-order chi connectivity index (χ1) is 20.7. The van der Waals surface area contributed by atoms with Crippen molar-refractivity contribution in [2.75, 3.05) is 49.1 Å². The lowest BCUT2D eigenvalue weighted by Gasteiger charge is -2.42. The third kappa shape index (κ3) is 5.52. The molecular formula is C34H50N4O4S. The van der Waals surface area contributed by atoms with Crippen LogP contribution in [0.15, 0.2) is 49.6 Å². The highest BCUT2D eigenvalue weighted by atomic mass is 32.2. The van der Waals surface area contributed by atoms with E-state index in [9.17, 15) is 19.5 Å². The van der Waals surface area contributed by atoms with Crippen molar-refractivity contribution >= 4 is 40.9 Å². The fourth-order valence-corrected chi connectivity index (χ4v) is 10.2. The van der Waals surface area contributed by atoms with Crippen LogP contribution >= 0.6 is 11.8 Å². The molecule has 0 radical (unpaired) electrons. The number of benzene rings is 1. The Morgan fingerprint density at radius 3 is 2.23 bits per heavy atom. The average molecular weight is 611 g/mol. The molecule has 0 aliphatic carbocycles. The highest BCUT2D eigenvalue weighted by molar-refractivity contribution is 8.02. The molecule has 3 aliphatic heterocycles. The number of likely N-dealkylation sites (tertiary alicyclic amines) is 1. The summed E-state index contributed by atoms with van der Waals surface area (Å²) in [6.45, 7) is 20.9. The van der Waals surface area contributed by atoms with Gasteiger partial charge in [0, 0.05) is 49.3 Å². The molecule has 3 aliphatic rings. The molecule has 4 rings (SSSR count). The van der Waals surface area contributed by atoms with Crippen LogP contribution in [0.5, 0.6) is 0 Å². The number of hydrogen-bond donors (Lipinski definition) is 1. The Hall–Kier alpha value is -2.78. The van der Waals surface area contributed by atoms with E-state index >= 15 is 0 Å². The Kier molecular flexibility index (Phi) is 10.7. The predicted octanol–water partition coefficient (Wildman–Crippen LogP) is 4.58. The van der Waals surface area contributed by atoms with Gasteiger partial charge >= 0.3 is 0 Å². The summed E-state index contributed by atoms with van der Waals surface area (Å²) in [6.07, 6.45) is 5.53. The summed E-state index contributed by atoms with van der Waals surface area (Å²) in [7, 11) is 0. The lowest BCUT2D eigenvalue weighted by Crippen LogP contribution is -2.59. The van der Waals surface area contributed by atoms with Crippen molar-refractivity contribution in [2.24, 2.45) is 17.8 Å². The van der Waals surface area contributed by atoms with Gasteiger partial charge in [0.2, 0.25) is 11.8 Å². The number of aliphatic hydroxyl groups excluding tert-OH is 1. The Bertz CT molecular complexity index is 1180. The van der Waals surface area contributed by atoms with Gasteiger partial charge in [-0.15, -0.1) is 24.9 Å². The lowest BCUT2D eigenvalue weighted by atomic mass is 9.65. The van der Waals surface area contributed by atoms with Gasteiger partial charge in [0.15, 0.2) is 0 Å². The standard InChI is InChI=1S/C34H50N4O4S/c1-8-18-36(19-9-2)31(40)28-27-21-23(7)34(43-27)29(28)32(41)38(24(11-4)22-39)30(34)33(42)37(20-10-3)26-16-14-25(15-17-26)35(12-5)13-6/h8,10,14-17,23-24,27-30,39H,1,3,9,11-13,18-22H2,2,4-7H3/t23?,24-,27-,28+,29-,30?,34?/m0/s1. The number of hydrogen-bond acceptors (Lipinski definition) is 6. The van der Waals surface area contributed by atoms with E-state index in [1.54, 1.807) is 33.7 Å². The maximum absolute atomic E-state index is 14.9. The summed E-state index contributed by atoms with van der Waals surface area (Å²) >= 11 is 1.68. The molecule has 1 N–H and O–H groups in total. The van der Waals surface area contributed by atoms with Crippen LogP contribution < -0.4 is 9.80 Å². The summed E-state index contributed by atoms with van der Waals surface area (Å²) in [5, 5.41) is 10.4. The van der Waals surface area contributed by atoms with E-state index in [0.717, 1.165) is 37.3 Å². The van der Waals surface area contributed by atoms with E-state index < -0.39 is 28.7 Å². The van der Waals surface area contributed by atoms with Crippen LogP contribution in [0, 0.1) is 17.8 Å². The summed E-state index contributed by atoms with van der Waals surface area (Å²) < 4.78 is -0.756. The minimum Gasteiger partial charge on any atom is -0.394 e. The zero-order valence-corrected chi connectivity index (χ0v) is 27.4. The van der Waals surface area contributed by atoms with Crippen LogP contribution in [0.2, 0.25) is 0 Å². The molecule has 8 nitrogen and oxygen atoms in total. The average Bonchev–Trinajstić information content (AvgIpc) is 3.60.